The van der Waals surface area contributed by atoms with Gasteiger partial charge < -0.3 is 0 Å². The molecule has 0 fully saturated rings. The highest BCUT2D eigenvalue weighted by Crippen LogP contribution is 2.18. The first-order valence-electron chi connectivity index (χ1n) is 6.30. The minimum atomic E-state index is 0.983. The molecule has 0 aliphatic rings. The van der Waals surface area contributed by atoms with Crippen LogP contribution in [-0.2, 0) is 6.16 Å². The first kappa shape index (κ1) is 14.7. The van der Waals surface area contributed by atoms with E-state index < -0.39 is 0 Å². The second-order valence-corrected chi connectivity index (χ2v) is 4.58. The van der Waals surface area contributed by atoms with Crippen molar-refractivity contribution in [3.05, 3.63) is 47.5 Å². The predicted molar refractivity (Wildman–Crippen MR) is 85.8 cm³/mol. The third kappa shape index (κ3) is 4.52. The van der Waals surface area contributed by atoms with Crippen LogP contribution in [0.4, 0.5) is 0 Å². The van der Waals surface area contributed by atoms with Crippen LogP contribution in [0.1, 0.15) is 31.4 Å². The Morgan fingerprint density at radius 1 is 1.06 bits per heavy atom. The van der Waals surface area contributed by atoms with Crippen LogP contribution >= 0.6 is 9.24 Å². The van der Waals surface area contributed by atoms with Gasteiger partial charge in [0, 0.05) is 6.42 Å². The maximum atomic E-state index is 2.86. The van der Waals surface area contributed by atoms with Crippen molar-refractivity contribution in [3.8, 4) is 11.8 Å². The van der Waals surface area contributed by atoms with E-state index in [1.165, 1.54) is 21.9 Å². The molecule has 0 aliphatic heterocycles. The van der Waals surface area contributed by atoms with Crippen molar-refractivity contribution in [3.63, 3.8) is 0 Å². The first-order valence-corrected chi connectivity index (χ1v) is 7.12. The van der Waals surface area contributed by atoms with Gasteiger partial charge in [-0.2, -0.15) is 0 Å². The van der Waals surface area contributed by atoms with Crippen molar-refractivity contribution in [2.75, 3.05) is 0 Å². The van der Waals surface area contributed by atoms with Crippen molar-refractivity contribution in [1.82, 2.24) is 0 Å². The fourth-order valence-corrected chi connectivity index (χ4v) is 1.97. The Balaban J connectivity index is 0.000000280. The standard InChI is InChI=1S/C12H13P.C5H8/c1-9-2-4-12-7-10(8-13)3-5-11(12)6-9;1-3-5-4-2/h2-7H,8,13H2,1H3;3H2,1-2H3. The highest BCUT2D eigenvalue weighted by molar-refractivity contribution is 7.15. The second-order valence-electron chi connectivity index (χ2n) is 4.17. The third-order valence-electron chi connectivity index (χ3n) is 2.65. The van der Waals surface area contributed by atoms with Gasteiger partial charge in [0.25, 0.3) is 0 Å². The second kappa shape index (κ2) is 7.91. The molecule has 0 saturated carbocycles. The summed E-state index contributed by atoms with van der Waals surface area (Å²) in [6, 6.07) is 13.2. The molecular weight excluding hydrogens is 235 g/mol. The fourth-order valence-electron chi connectivity index (χ4n) is 1.72. The lowest BCUT2D eigenvalue weighted by atomic mass is 10.1. The van der Waals surface area contributed by atoms with Gasteiger partial charge in [-0.05, 0) is 36.3 Å². The van der Waals surface area contributed by atoms with Crippen LogP contribution in [0, 0.1) is 18.8 Å². The number of rotatable bonds is 1. The molecule has 1 atom stereocenters. The van der Waals surface area contributed by atoms with Crippen molar-refractivity contribution < 1.29 is 0 Å². The van der Waals surface area contributed by atoms with Crippen molar-refractivity contribution >= 4 is 20.0 Å². The highest BCUT2D eigenvalue weighted by Gasteiger charge is 1.94. The molecule has 1 unspecified atom stereocenters. The Hall–Kier alpha value is -1.31. The summed E-state index contributed by atoms with van der Waals surface area (Å²) in [5.41, 5.74) is 2.70. The summed E-state index contributed by atoms with van der Waals surface area (Å²) < 4.78 is 0. The van der Waals surface area contributed by atoms with Gasteiger partial charge in [0.2, 0.25) is 0 Å². The molecule has 18 heavy (non-hydrogen) atoms. The van der Waals surface area contributed by atoms with Crippen LogP contribution in [-0.4, -0.2) is 0 Å². The lowest BCUT2D eigenvalue weighted by molar-refractivity contribution is 1.28. The summed E-state index contributed by atoms with van der Waals surface area (Å²) in [4.78, 5) is 0. The number of hydrogen-bond acceptors (Lipinski definition) is 0. The van der Waals surface area contributed by atoms with Crippen molar-refractivity contribution in [1.29, 1.82) is 0 Å². The van der Waals surface area contributed by atoms with Crippen molar-refractivity contribution in [2.24, 2.45) is 0 Å². The molecule has 0 bridgehead atoms. The van der Waals surface area contributed by atoms with E-state index in [-0.39, 0.29) is 0 Å². The largest absolute Gasteiger partial charge is 0.133 e. The highest BCUT2D eigenvalue weighted by atomic mass is 31.0. The molecule has 2 aromatic carbocycles. The van der Waals surface area contributed by atoms with E-state index in [4.69, 9.17) is 0 Å². The Morgan fingerprint density at radius 2 is 1.72 bits per heavy atom. The van der Waals surface area contributed by atoms with Gasteiger partial charge in [0.05, 0.1) is 0 Å². The van der Waals surface area contributed by atoms with Crippen LogP contribution in [0.25, 0.3) is 10.8 Å². The molecule has 0 aliphatic carbocycles. The van der Waals surface area contributed by atoms with Gasteiger partial charge in [-0.15, -0.1) is 21.1 Å². The summed E-state index contributed by atoms with van der Waals surface area (Å²) in [6.45, 7) is 6.02. The van der Waals surface area contributed by atoms with Crippen LogP contribution in [0.3, 0.4) is 0 Å². The maximum Gasteiger partial charge on any atom is 0.00601 e. The molecule has 2 aromatic rings. The Morgan fingerprint density at radius 3 is 2.28 bits per heavy atom. The summed E-state index contributed by atoms with van der Waals surface area (Å²) in [5.74, 6) is 5.63. The number of fused-ring (bicyclic) bond motifs is 1. The molecule has 2 rings (SSSR count). The maximum absolute atomic E-state index is 2.86. The molecule has 94 valence electrons. The lowest BCUT2D eigenvalue weighted by Gasteiger charge is -2.01. The van der Waals surface area contributed by atoms with Crippen LogP contribution < -0.4 is 0 Å². The van der Waals surface area contributed by atoms with Gasteiger partial charge in [-0.25, -0.2) is 0 Å². The van der Waals surface area contributed by atoms with Gasteiger partial charge in [0.1, 0.15) is 0 Å². The van der Waals surface area contributed by atoms with E-state index in [9.17, 15) is 0 Å². The molecule has 0 heterocycles. The molecule has 1 heteroatoms. The molecule has 0 aromatic heterocycles. The van der Waals surface area contributed by atoms with Gasteiger partial charge in [-0.3, -0.25) is 0 Å². The van der Waals surface area contributed by atoms with Gasteiger partial charge in [0.15, 0.2) is 0 Å². The number of benzene rings is 2. The van der Waals surface area contributed by atoms with Crippen LogP contribution in [0.5, 0.6) is 0 Å². The minimum absolute atomic E-state index is 0.983. The van der Waals surface area contributed by atoms with E-state index in [1.54, 1.807) is 0 Å². The first-order chi connectivity index (χ1) is 8.71. The van der Waals surface area contributed by atoms with E-state index in [1.807, 2.05) is 13.8 Å². The SMILES string of the molecule is CC#CCC.Cc1ccc2cc(CP)ccc2c1. The molecule has 0 saturated heterocycles. The fraction of sp³-hybridized carbons (Fsp3) is 0.294. The summed E-state index contributed by atoms with van der Waals surface area (Å²) >= 11 is 0. The van der Waals surface area contributed by atoms with E-state index in [0.29, 0.717) is 0 Å². The van der Waals surface area contributed by atoms with Crippen LogP contribution in [0.15, 0.2) is 36.4 Å². The Kier molecular flexibility index (Phi) is 6.48. The Labute approximate surface area is 113 Å². The molecular formula is C17H21P. The average molecular weight is 256 g/mol. The van der Waals surface area contributed by atoms with Gasteiger partial charge in [-0.1, -0.05) is 48.9 Å². The predicted octanol–water partition coefficient (Wildman–Crippen LogP) is 4.94. The quantitative estimate of drug-likeness (QED) is 0.500. The van der Waals surface area contributed by atoms with Crippen molar-refractivity contribution in [2.45, 2.75) is 33.4 Å². The number of hydrogen-bond donors (Lipinski definition) is 0. The molecule has 0 spiro atoms. The zero-order valence-corrected chi connectivity index (χ0v) is 12.6. The number of aryl methyl sites for hydroxylation is 1. The van der Waals surface area contributed by atoms with E-state index >= 15 is 0 Å². The topological polar surface area (TPSA) is 0 Å². The zero-order chi connectivity index (χ0) is 13.4. The summed E-state index contributed by atoms with van der Waals surface area (Å²) in [5, 5.41) is 2.67. The van der Waals surface area contributed by atoms with Gasteiger partial charge >= 0.3 is 0 Å². The minimum Gasteiger partial charge on any atom is -0.133 e. The molecule has 0 nitrogen and oxygen atoms in total. The normalized spacial score (nSPS) is 9.11. The molecule has 0 radical (unpaired) electrons. The molecule has 0 amide bonds. The Bertz CT molecular complexity index is 559. The average Bonchev–Trinajstić information content (AvgIpc) is 2.40. The van der Waals surface area contributed by atoms with E-state index in [0.717, 1.165) is 12.6 Å². The lowest BCUT2D eigenvalue weighted by Crippen LogP contribution is -1.79. The van der Waals surface area contributed by atoms with Crippen LogP contribution in [0.2, 0.25) is 0 Å². The smallest absolute Gasteiger partial charge is 0.00601 e. The third-order valence-corrected chi connectivity index (χ3v) is 3.12. The summed E-state index contributed by atoms with van der Waals surface area (Å²) in [7, 11) is 2.75. The monoisotopic (exact) mass is 256 g/mol. The van der Waals surface area contributed by atoms with E-state index in [2.05, 4.69) is 64.4 Å². The summed E-state index contributed by atoms with van der Waals surface area (Å²) in [6.07, 6.45) is 2.01. The molecule has 0 N–H and O–H groups in total. The zero-order valence-electron chi connectivity index (χ0n) is 11.5.